The fourth-order valence-corrected chi connectivity index (χ4v) is 5.98. The molecule has 1 fully saturated rings. The molecule has 196 valence electrons. The van der Waals surface area contributed by atoms with Crippen LogP contribution in [-0.2, 0) is 24.8 Å². The molecule has 0 radical (unpaired) electrons. The highest BCUT2D eigenvalue weighted by Gasteiger charge is 2.25. The van der Waals surface area contributed by atoms with Crippen molar-refractivity contribution in [3.8, 4) is 5.75 Å². The maximum Gasteiger partial charge on any atom is 0.261 e. The molecule has 1 aliphatic heterocycles. The molecule has 1 saturated heterocycles. The van der Waals surface area contributed by atoms with Crippen LogP contribution in [0.2, 0.25) is 0 Å². The number of carbonyl (C=O) groups excluding carboxylic acids is 1. The number of methoxy groups -OCH3 is 1. The first-order valence-corrected chi connectivity index (χ1v) is 14.3. The number of ether oxygens (including phenoxy) is 2. The van der Waals surface area contributed by atoms with Gasteiger partial charge in [-0.1, -0.05) is 18.2 Å². The molecular weight excluding hydrogens is 518 g/mol. The predicted octanol–water partition coefficient (Wildman–Crippen LogP) is 3.08. The molecule has 2 N–H and O–H groups in total. The fourth-order valence-electron chi connectivity index (χ4n) is 3.77. The molecule has 3 aromatic carbocycles. The molecule has 12 heteroatoms. The standard InChI is InChI=1S/C25H27N3O7S2/c1-18-5-3-4-6-23(18)27-36(30,31)20-9-7-19(8-10-20)26-37(32,33)21-11-12-24(34-2)22(17-21)25(29)28-13-15-35-16-14-28/h3-12,17,26-27H,13-16H2,1-2H3. The summed E-state index contributed by atoms with van der Waals surface area (Å²) in [4.78, 5) is 14.4. The van der Waals surface area contributed by atoms with Crippen LogP contribution in [0, 0.1) is 6.92 Å². The molecule has 0 unspecified atom stereocenters. The van der Waals surface area contributed by atoms with E-state index in [1.807, 2.05) is 0 Å². The lowest BCUT2D eigenvalue weighted by Crippen LogP contribution is -2.40. The van der Waals surface area contributed by atoms with E-state index >= 15 is 0 Å². The first kappa shape index (κ1) is 26.5. The van der Waals surface area contributed by atoms with Crippen molar-refractivity contribution in [3.05, 3.63) is 77.9 Å². The number of carbonyl (C=O) groups is 1. The third-order valence-electron chi connectivity index (χ3n) is 5.82. The highest BCUT2D eigenvalue weighted by Crippen LogP contribution is 2.27. The molecule has 37 heavy (non-hydrogen) atoms. The van der Waals surface area contributed by atoms with E-state index in [4.69, 9.17) is 9.47 Å². The summed E-state index contributed by atoms with van der Waals surface area (Å²) in [5, 5.41) is 0. The third kappa shape index (κ3) is 6.04. The largest absolute Gasteiger partial charge is 0.496 e. The summed E-state index contributed by atoms with van der Waals surface area (Å²) in [5.74, 6) is -0.0981. The summed E-state index contributed by atoms with van der Waals surface area (Å²) in [5.41, 5.74) is 1.50. The van der Waals surface area contributed by atoms with Gasteiger partial charge in [0.05, 0.1) is 41.4 Å². The summed E-state index contributed by atoms with van der Waals surface area (Å²) >= 11 is 0. The predicted molar refractivity (Wildman–Crippen MR) is 139 cm³/mol. The highest BCUT2D eigenvalue weighted by molar-refractivity contribution is 7.93. The molecule has 4 rings (SSSR count). The summed E-state index contributed by atoms with van der Waals surface area (Å²) < 4.78 is 67.2. The van der Waals surface area contributed by atoms with Crippen molar-refractivity contribution in [3.63, 3.8) is 0 Å². The second-order valence-electron chi connectivity index (χ2n) is 8.32. The van der Waals surface area contributed by atoms with E-state index in [-0.39, 0.29) is 32.7 Å². The number of aryl methyl sites for hydroxylation is 1. The van der Waals surface area contributed by atoms with Gasteiger partial charge in [0.2, 0.25) is 0 Å². The molecule has 3 aromatic rings. The second kappa shape index (κ2) is 10.8. The molecule has 0 saturated carbocycles. The molecule has 0 bridgehead atoms. The van der Waals surface area contributed by atoms with Crippen molar-refractivity contribution in [2.45, 2.75) is 16.7 Å². The average Bonchev–Trinajstić information content (AvgIpc) is 2.89. The number of hydrogen-bond acceptors (Lipinski definition) is 7. The van der Waals surface area contributed by atoms with E-state index in [0.717, 1.165) is 5.56 Å². The van der Waals surface area contributed by atoms with Gasteiger partial charge in [-0.3, -0.25) is 14.2 Å². The molecule has 0 aromatic heterocycles. The van der Waals surface area contributed by atoms with Crippen LogP contribution in [0.3, 0.4) is 0 Å². The molecular formula is C25H27N3O7S2. The van der Waals surface area contributed by atoms with E-state index in [9.17, 15) is 21.6 Å². The molecule has 0 atom stereocenters. The summed E-state index contributed by atoms with van der Waals surface area (Å²) in [6.07, 6.45) is 0. The lowest BCUT2D eigenvalue weighted by atomic mass is 10.1. The fraction of sp³-hybridized carbons (Fsp3) is 0.240. The van der Waals surface area contributed by atoms with Crippen molar-refractivity contribution in [1.29, 1.82) is 0 Å². The lowest BCUT2D eigenvalue weighted by Gasteiger charge is -2.27. The lowest BCUT2D eigenvalue weighted by molar-refractivity contribution is 0.0300. The van der Waals surface area contributed by atoms with Gasteiger partial charge in [-0.15, -0.1) is 0 Å². The van der Waals surface area contributed by atoms with Crippen LogP contribution in [0.1, 0.15) is 15.9 Å². The smallest absolute Gasteiger partial charge is 0.261 e. The van der Waals surface area contributed by atoms with Gasteiger partial charge in [0.25, 0.3) is 26.0 Å². The van der Waals surface area contributed by atoms with Crippen molar-refractivity contribution in [1.82, 2.24) is 4.90 Å². The number of hydrogen-bond donors (Lipinski definition) is 2. The van der Waals surface area contributed by atoms with E-state index in [2.05, 4.69) is 9.44 Å². The molecule has 1 heterocycles. The van der Waals surface area contributed by atoms with Gasteiger partial charge in [0.15, 0.2) is 0 Å². The Morgan fingerprint density at radius 1 is 0.865 bits per heavy atom. The molecule has 1 aliphatic rings. The number of benzene rings is 3. The number of sulfonamides is 2. The molecule has 0 aliphatic carbocycles. The Kier molecular flexibility index (Phi) is 7.71. The van der Waals surface area contributed by atoms with Crippen molar-refractivity contribution in [2.24, 2.45) is 0 Å². The van der Waals surface area contributed by atoms with Crippen molar-refractivity contribution >= 4 is 37.3 Å². The maximum atomic E-state index is 13.1. The number of morpholine rings is 1. The normalized spacial score (nSPS) is 14.2. The van der Waals surface area contributed by atoms with E-state index in [0.29, 0.717) is 32.0 Å². The Hall–Kier alpha value is -3.61. The van der Waals surface area contributed by atoms with E-state index in [1.165, 1.54) is 49.6 Å². The summed E-state index contributed by atoms with van der Waals surface area (Å²) in [6.45, 7) is 3.38. The van der Waals surface area contributed by atoms with Gasteiger partial charge in [0.1, 0.15) is 5.75 Å². The number of para-hydroxylation sites is 1. The minimum absolute atomic E-state index is 0.0263. The van der Waals surface area contributed by atoms with Crippen LogP contribution in [0.5, 0.6) is 5.75 Å². The Morgan fingerprint density at radius 2 is 1.49 bits per heavy atom. The minimum atomic E-state index is -4.09. The first-order valence-electron chi connectivity index (χ1n) is 11.4. The zero-order chi connectivity index (χ0) is 26.6. The van der Waals surface area contributed by atoms with E-state index in [1.54, 1.807) is 36.1 Å². The zero-order valence-corrected chi connectivity index (χ0v) is 21.9. The Morgan fingerprint density at radius 3 is 2.14 bits per heavy atom. The van der Waals surface area contributed by atoms with Gasteiger partial charge in [-0.05, 0) is 61.0 Å². The van der Waals surface area contributed by atoms with Gasteiger partial charge in [-0.25, -0.2) is 16.8 Å². The second-order valence-corrected chi connectivity index (χ2v) is 11.7. The zero-order valence-electron chi connectivity index (χ0n) is 20.3. The van der Waals surface area contributed by atoms with Crippen molar-refractivity contribution in [2.75, 3.05) is 42.9 Å². The monoisotopic (exact) mass is 545 g/mol. The van der Waals surface area contributed by atoms with Crippen LogP contribution in [0.25, 0.3) is 0 Å². The van der Waals surface area contributed by atoms with Crippen LogP contribution in [0.4, 0.5) is 11.4 Å². The Balaban J connectivity index is 1.54. The number of rotatable bonds is 8. The number of nitrogens with one attached hydrogen (secondary N) is 2. The first-order chi connectivity index (χ1) is 17.6. The van der Waals surface area contributed by atoms with E-state index < -0.39 is 20.0 Å². The van der Waals surface area contributed by atoms with Crippen LogP contribution in [-0.4, -0.2) is 61.1 Å². The minimum Gasteiger partial charge on any atom is -0.496 e. The summed E-state index contributed by atoms with van der Waals surface area (Å²) in [7, 11) is -6.56. The van der Waals surface area contributed by atoms with Gasteiger partial charge in [0, 0.05) is 18.8 Å². The van der Waals surface area contributed by atoms with Crippen LogP contribution >= 0.6 is 0 Å². The highest BCUT2D eigenvalue weighted by atomic mass is 32.2. The quantitative estimate of drug-likeness (QED) is 0.445. The molecule has 10 nitrogen and oxygen atoms in total. The average molecular weight is 546 g/mol. The third-order valence-corrected chi connectivity index (χ3v) is 8.58. The maximum absolute atomic E-state index is 13.1. The molecule has 0 spiro atoms. The topological polar surface area (TPSA) is 131 Å². The van der Waals surface area contributed by atoms with Gasteiger partial charge < -0.3 is 14.4 Å². The van der Waals surface area contributed by atoms with Crippen molar-refractivity contribution < 1.29 is 31.1 Å². The number of anilines is 2. The Bertz CT molecular complexity index is 1500. The van der Waals surface area contributed by atoms with Crippen LogP contribution in [0.15, 0.2) is 76.5 Å². The van der Waals surface area contributed by atoms with Crippen LogP contribution < -0.4 is 14.2 Å². The summed E-state index contributed by atoms with van der Waals surface area (Å²) in [6, 6.07) is 16.3. The Labute approximate surface area is 216 Å². The van der Waals surface area contributed by atoms with Gasteiger partial charge in [-0.2, -0.15) is 0 Å². The SMILES string of the molecule is COc1ccc(S(=O)(=O)Nc2ccc(S(=O)(=O)Nc3ccccc3C)cc2)cc1C(=O)N1CCOCC1. The number of amides is 1. The molecule has 1 amide bonds. The number of nitrogens with zero attached hydrogens (tertiary/aromatic N) is 1. The van der Waals surface area contributed by atoms with Gasteiger partial charge >= 0.3 is 0 Å².